The van der Waals surface area contributed by atoms with Crippen LogP contribution in [0.2, 0.25) is 0 Å². The molecule has 124 valence electrons. The van der Waals surface area contributed by atoms with Crippen LogP contribution in [-0.4, -0.2) is 33.3 Å². The SMILES string of the molecule is CNCc1ncccc1C.Nc1nc(C=O)cc(-c2nccs2)n1. The molecule has 0 amide bonds. The average molecular weight is 342 g/mol. The zero-order chi connectivity index (χ0) is 17.4. The van der Waals surface area contributed by atoms with E-state index in [0.717, 1.165) is 17.2 Å². The molecular weight excluding hydrogens is 324 g/mol. The van der Waals surface area contributed by atoms with Gasteiger partial charge in [0.15, 0.2) is 6.29 Å². The number of rotatable bonds is 4. The number of hydrogen-bond acceptors (Lipinski definition) is 8. The van der Waals surface area contributed by atoms with E-state index in [-0.39, 0.29) is 11.6 Å². The van der Waals surface area contributed by atoms with E-state index < -0.39 is 0 Å². The van der Waals surface area contributed by atoms with E-state index in [9.17, 15) is 4.79 Å². The molecule has 0 aliphatic rings. The number of nitrogens with two attached hydrogens (primary N) is 1. The predicted octanol–water partition coefficient (Wildman–Crippen LogP) is 2.10. The minimum absolute atomic E-state index is 0.0831. The normalized spacial score (nSPS) is 9.92. The van der Waals surface area contributed by atoms with Gasteiger partial charge >= 0.3 is 0 Å². The van der Waals surface area contributed by atoms with Crippen LogP contribution in [0.15, 0.2) is 36.0 Å². The molecule has 3 rings (SSSR count). The van der Waals surface area contributed by atoms with Crippen molar-refractivity contribution in [1.82, 2.24) is 25.3 Å². The molecule has 0 bridgehead atoms. The number of nitrogen functional groups attached to an aromatic ring is 1. The van der Waals surface area contributed by atoms with Gasteiger partial charge in [0.1, 0.15) is 16.4 Å². The Morgan fingerprint density at radius 3 is 2.75 bits per heavy atom. The van der Waals surface area contributed by atoms with Gasteiger partial charge in [0.2, 0.25) is 5.95 Å². The molecule has 8 heteroatoms. The number of thiazole rings is 1. The lowest BCUT2D eigenvalue weighted by atomic mass is 10.2. The molecule has 0 aliphatic heterocycles. The Bertz CT molecular complexity index is 791. The summed E-state index contributed by atoms with van der Waals surface area (Å²) in [4.78, 5) is 26.5. The first-order valence-corrected chi connectivity index (χ1v) is 8.06. The van der Waals surface area contributed by atoms with E-state index in [1.54, 1.807) is 12.3 Å². The van der Waals surface area contributed by atoms with Gasteiger partial charge in [-0.25, -0.2) is 15.0 Å². The Morgan fingerprint density at radius 2 is 2.12 bits per heavy atom. The maximum atomic E-state index is 10.5. The molecule has 7 nitrogen and oxygen atoms in total. The third kappa shape index (κ3) is 4.90. The number of hydrogen-bond donors (Lipinski definition) is 2. The summed E-state index contributed by atoms with van der Waals surface area (Å²) in [6.45, 7) is 2.92. The van der Waals surface area contributed by atoms with Crippen molar-refractivity contribution in [2.24, 2.45) is 0 Å². The van der Waals surface area contributed by atoms with Crippen LogP contribution in [0.1, 0.15) is 21.7 Å². The number of nitrogens with one attached hydrogen (secondary N) is 1. The Balaban J connectivity index is 0.000000185. The van der Waals surface area contributed by atoms with Crippen LogP contribution >= 0.6 is 11.3 Å². The van der Waals surface area contributed by atoms with Crippen molar-refractivity contribution in [3.63, 3.8) is 0 Å². The largest absolute Gasteiger partial charge is 0.368 e. The highest BCUT2D eigenvalue weighted by atomic mass is 32.1. The summed E-state index contributed by atoms with van der Waals surface area (Å²) < 4.78 is 0. The molecule has 3 N–H and O–H groups in total. The first-order chi connectivity index (χ1) is 11.6. The van der Waals surface area contributed by atoms with Crippen LogP contribution in [0.25, 0.3) is 10.7 Å². The summed E-state index contributed by atoms with van der Waals surface area (Å²) in [6, 6.07) is 5.58. The number of anilines is 1. The summed E-state index contributed by atoms with van der Waals surface area (Å²) in [5.41, 5.74) is 8.66. The zero-order valence-corrected chi connectivity index (χ0v) is 14.2. The van der Waals surface area contributed by atoms with Gasteiger partial charge in [-0.05, 0) is 31.7 Å². The lowest BCUT2D eigenvalue weighted by Gasteiger charge is -2.00. The highest BCUT2D eigenvalue weighted by Crippen LogP contribution is 2.20. The summed E-state index contributed by atoms with van der Waals surface area (Å²) >= 11 is 1.43. The highest BCUT2D eigenvalue weighted by molar-refractivity contribution is 7.13. The van der Waals surface area contributed by atoms with Gasteiger partial charge in [-0.2, -0.15) is 0 Å². The minimum atomic E-state index is 0.0831. The fourth-order valence-corrected chi connectivity index (χ4v) is 2.47. The Hall–Kier alpha value is -2.71. The van der Waals surface area contributed by atoms with Crippen molar-refractivity contribution >= 4 is 23.6 Å². The van der Waals surface area contributed by atoms with Gasteiger partial charge in [0, 0.05) is 24.3 Å². The van der Waals surface area contributed by atoms with Crippen molar-refractivity contribution in [3.8, 4) is 10.7 Å². The average Bonchev–Trinajstić information content (AvgIpc) is 3.12. The fourth-order valence-electron chi connectivity index (χ4n) is 1.88. The number of aromatic nitrogens is 4. The summed E-state index contributed by atoms with van der Waals surface area (Å²) in [5, 5.41) is 5.61. The second kappa shape index (κ2) is 8.80. The topological polar surface area (TPSA) is 107 Å². The number of aryl methyl sites for hydroxylation is 1. The first kappa shape index (κ1) is 17.6. The van der Waals surface area contributed by atoms with E-state index >= 15 is 0 Å². The number of carbonyl (C=O) groups excluding carboxylic acids is 1. The van der Waals surface area contributed by atoms with E-state index in [1.165, 1.54) is 16.9 Å². The maximum absolute atomic E-state index is 10.5. The molecule has 0 atom stereocenters. The number of pyridine rings is 1. The van der Waals surface area contributed by atoms with Crippen molar-refractivity contribution in [1.29, 1.82) is 0 Å². The third-order valence-corrected chi connectivity index (χ3v) is 3.79. The minimum Gasteiger partial charge on any atom is -0.368 e. The Labute approximate surface area is 144 Å². The lowest BCUT2D eigenvalue weighted by Crippen LogP contribution is -2.07. The van der Waals surface area contributed by atoms with Crippen LogP contribution in [0.5, 0.6) is 0 Å². The Kier molecular flexibility index (Phi) is 6.47. The molecule has 3 aromatic rings. The fraction of sp³-hybridized carbons (Fsp3) is 0.188. The molecule has 3 aromatic heterocycles. The first-order valence-electron chi connectivity index (χ1n) is 7.18. The van der Waals surface area contributed by atoms with Crippen LogP contribution in [-0.2, 0) is 6.54 Å². The Morgan fingerprint density at radius 1 is 1.29 bits per heavy atom. The number of nitrogens with zero attached hydrogens (tertiary/aromatic N) is 4. The second-order valence-electron chi connectivity index (χ2n) is 4.79. The molecule has 3 heterocycles. The molecule has 0 unspecified atom stereocenters. The van der Waals surface area contributed by atoms with Gasteiger partial charge in [-0.3, -0.25) is 9.78 Å². The zero-order valence-electron chi connectivity index (χ0n) is 13.4. The van der Waals surface area contributed by atoms with Gasteiger partial charge in [0.05, 0.1) is 5.69 Å². The lowest BCUT2D eigenvalue weighted by molar-refractivity contribution is 0.111. The van der Waals surface area contributed by atoms with Crippen LogP contribution in [0.4, 0.5) is 5.95 Å². The number of carbonyl (C=O) groups is 1. The molecular formula is C16H18N6OS. The van der Waals surface area contributed by atoms with Gasteiger partial charge in [-0.1, -0.05) is 6.07 Å². The van der Waals surface area contributed by atoms with Gasteiger partial charge < -0.3 is 11.1 Å². The smallest absolute Gasteiger partial charge is 0.221 e. The van der Waals surface area contributed by atoms with Crippen molar-refractivity contribution < 1.29 is 4.79 Å². The van der Waals surface area contributed by atoms with E-state index in [1.807, 2.05) is 24.7 Å². The standard InChI is InChI=1S/C8H6N4OS.C8H12N2/c9-8-11-5(4-13)3-6(12-8)7-10-1-2-14-7;1-7-4-3-5-10-8(7)6-9-2/h1-4H,(H2,9,11,12);3-5,9H,6H2,1-2H3. The summed E-state index contributed by atoms with van der Waals surface area (Å²) in [6.07, 6.45) is 4.12. The second-order valence-corrected chi connectivity index (χ2v) is 5.68. The molecule has 0 saturated heterocycles. The number of aldehydes is 1. The molecule has 0 aromatic carbocycles. The molecule has 0 spiro atoms. The summed E-state index contributed by atoms with van der Waals surface area (Å²) in [7, 11) is 1.92. The van der Waals surface area contributed by atoms with Crippen LogP contribution in [0, 0.1) is 6.92 Å². The van der Waals surface area contributed by atoms with Crippen LogP contribution < -0.4 is 11.1 Å². The quantitative estimate of drug-likeness (QED) is 0.699. The van der Waals surface area contributed by atoms with Crippen molar-refractivity contribution in [2.45, 2.75) is 13.5 Å². The molecule has 0 aliphatic carbocycles. The highest BCUT2D eigenvalue weighted by Gasteiger charge is 2.05. The van der Waals surface area contributed by atoms with Crippen LogP contribution in [0.3, 0.4) is 0 Å². The van der Waals surface area contributed by atoms with Gasteiger partial charge in [0.25, 0.3) is 0 Å². The molecule has 0 saturated carbocycles. The summed E-state index contributed by atoms with van der Waals surface area (Å²) in [5.74, 6) is 0.0831. The van der Waals surface area contributed by atoms with E-state index in [4.69, 9.17) is 5.73 Å². The monoisotopic (exact) mass is 342 g/mol. The molecule has 0 radical (unpaired) electrons. The molecule has 0 fully saturated rings. The van der Waals surface area contributed by atoms with Crippen molar-refractivity contribution in [3.05, 3.63) is 52.9 Å². The molecule has 24 heavy (non-hydrogen) atoms. The third-order valence-electron chi connectivity index (χ3n) is 3.00. The van der Waals surface area contributed by atoms with Gasteiger partial charge in [-0.15, -0.1) is 11.3 Å². The maximum Gasteiger partial charge on any atom is 0.221 e. The van der Waals surface area contributed by atoms with E-state index in [2.05, 4.69) is 38.2 Å². The van der Waals surface area contributed by atoms with E-state index in [0.29, 0.717) is 12.0 Å². The van der Waals surface area contributed by atoms with Crippen molar-refractivity contribution in [2.75, 3.05) is 12.8 Å². The predicted molar refractivity (Wildman–Crippen MR) is 94.7 cm³/mol.